The largest absolute Gasteiger partial charge is 0.493 e. The minimum atomic E-state index is -0.532. The van der Waals surface area contributed by atoms with Gasteiger partial charge in [-0.15, -0.1) is 0 Å². The maximum atomic E-state index is 10.4. The predicted molar refractivity (Wildman–Crippen MR) is 117 cm³/mol. The summed E-state index contributed by atoms with van der Waals surface area (Å²) in [4.78, 5) is 4.77. The highest BCUT2D eigenvalue weighted by molar-refractivity contribution is 5.55. The van der Waals surface area contributed by atoms with E-state index in [1.54, 1.807) is 7.11 Å². The summed E-state index contributed by atoms with van der Waals surface area (Å²) in [5.41, 5.74) is 2.41. The molecule has 1 atom stereocenters. The van der Waals surface area contributed by atoms with E-state index in [1.165, 1.54) is 5.56 Å². The number of aliphatic hydroxyl groups excluding tert-OH is 1. The van der Waals surface area contributed by atoms with Gasteiger partial charge in [-0.25, -0.2) is 0 Å². The molecule has 0 spiro atoms. The maximum Gasteiger partial charge on any atom is 0.161 e. The average molecular weight is 397 g/mol. The number of benzene rings is 2. The minimum absolute atomic E-state index is 0.254. The van der Waals surface area contributed by atoms with Crippen molar-refractivity contribution in [2.24, 2.45) is 0 Å². The second kappa shape index (κ2) is 11.0. The van der Waals surface area contributed by atoms with Crippen LogP contribution in [0.1, 0.15) is 18.1 Å². The zero-order valence-electron chi connectivity index (χ0n) is 17.5. The Bertz CT molecular complexity index is 771. The number of aliphatic hydroxyl groups is 1. The second-order valence-electron chi connectivity index (χ2n) is 7.44. The standard InChI is InChI=1S/C24H32N2O3/c1-3-7-20-10-11-23(24(16-20)28-2)29-19-22(27)18-26-14-12-25(13-15-26)17-21-8-5-4-6-9-21/h3-11,16,22,27H,12-15,17-19H2,1-2H3. The SMILES string of the molecule is CC=Cc1ccc(OCC(O)CN2CCN(Cc3ccccc3)CC2)c(OC)c1. The van der Waals surface area contributed by atoms with Gasteiger partial charge in [0, 0.05) is 39.3 Å². The number of ether oxygens (including phenoxy) is 2. The van der Waals surface area contributed by atoms with E-state index in [0.717, 1.165) is 38.3 Å². The van der Waals surface area contributed by atoms with Gasteiger partial charge >= 0.3 is 0 Å². The number of nitrogens with zero attached hydrogens (tertiary/aromatic N) is 2. The minimum Gasteiger partial charge on any atom is -0.493 e. The van der Waals surface area contributed by atoms with Crippen LogP contribution in [0.25, 0.3) is 6.08 Å². The molecule has 1 N–H and O–H groups in total. The van der Waals surface area contributed by atoms with Crippen molar-refractivity contribution >= 4 is 6.08 Å². The van der Waals surface area contributed by atoms with Crippen molar-refractivity contribution in [1.29, 1.82) is 0 Å². The van der Waals surface area contributed by atoms with Crippen LogP contribution in [-0.4, -0.2) is 67.5 Å². The average Bonchev–Trinajstić information content (AvgIpc) is 2.75. The Hall–Kier alpha value is -2.34. The molecule has 1 aliphatic heterocycles. The van der Waals surface area contributed by atoms with Gasteiger partial charge < -0.3 is 14.6 Å². The number of hydrogen-bond acceptors (Lipinski definition) is 5. The molecule has 2 aromatic carbocycles. The Morgan fingerprint density at radius 3 is 2.41 bits per heavy atom. The van der Waals surface area contributed by atoms with E-state index in [1.807, 2.05) is 37.3 Å². The Balaban J connectivity index is 1.42. The fraction of sp³-hybridized carbons (Fsp3) is 0.417. The first-order chi connectivity index (χ1) is 14.2. The van der Waals surface area contributed by atoms with Gasteiger partial charge in [0.05, 0.1) is 7.11 Å². The quantitative estimate of drug-likeness (QED) is 0.705. The highest BCUT2D eigenvalue weighted by Gasteiger charge is 2.20. The van der Waals surface area contributed by atoms with E-state index in [4.69, 9.17) is 9.47 Å². The molecule has 1 aliphatic rings. The maximum absolute atomic E-state index is 10.4. The fourth-order valence-electron chi connectivity index (χ4n) is 3.61. The highest BCUT2D eigenvalue weighted by Crippen LogP contribution is 2.28. The third-order valence-corrected chi connectivity index (χ3v) is 5.16. The monoisotopic (exact) mass is 396 g/mol. The molecule has 1 saturated heterocycles. The van der Waals surface area contributed by atoms with E-state index in [9.17, 15) is 5.11 Å². The Kier molecular flexibility index (Phi) is 8.11. The van der Waals surface area contributed by atoms with E-state index in [-0.39, 0.29) is 6.61 Å². The van der Waals surface area contributed by atoms with E-state index < -0.39 is 6.10 Å². The number of piperazine rings is 1. The highest BCUT2D eigenvalue weighted by atomic mass is 16.5. The van der Waals surface area contributed by atoms with Crippen LogP contribution in [0.5, 0.6) is 11.5 Å². The molecule has 0 aromatic heterocycles. The molecule has 29 heavy (non-hydrogen) atoms. The molecule has 1 unspecified atom stereocenters. The topological polar surface area (TPSA) is 45.2 Å². The lowest BCUT2D eigenvalue weighted by Gasteiger charge is -2.35. The van der Waals surface area contributed by atoms with E-state index in [0.29, 0.717) is 18.0 Å². The molecule has 3 rings (SSSR count). The molecule has 1 fully saturated rings. The summed E-state index contributed by atoms with van der Waals surface area (Å²) in [6.45, 7) is 7.81. The molecule has 1 heterocycles. The van der Waals surface area contributed by atoms with Crippen LogP contribution >= 0.6 is 0 Å². The fourth-order valence-corrected chi connectivity index (χ4v) is 3.61. The third kappa shape index (κ3) is 6.60. The number of hydrogen-bond donors (Lipinski definition) is 1. The third-order valence-electron chi connectivity index (χ3n) is 5.16. The lowest BCUT2D eigenvalue weighted by molar-refractivity contribution is 0.0440. The lowest BCUT2D eigenvalue weighted by Crippen LogP contribution is -2.48. The zero-order valence-corrected chi connectivity index (χ0v) is 17.5. The van der Waals surface area contributed by atoms with Gasteiger partial charge in [0.1, 0.15) is 12.7 Å². The van der Waals surface area contributed by atoms with Gasteiger partial charge in [-0.2, -0.15) is 0 Å². The van der Waals surface area contributed by atoms with Gasteiger partial charge in [0.15, 0.2) is 11.5 Å². The van der Waals surface area contributed by atoms with Gasteiger partial charge in [-0.1, -0.05) is 48.6 Å². The molecule has 0 amide bonds. The molecule has 0 radical (unpaired) electrons. The summed E-state index contributed by atoms with van der Waals surface area (Å²) in [5, 5.41) is 10.4. The van der Waals surface area contributed by atoms with Crippen molar-refractivity contribution < 1.29 is 14.6 Å². The molecule has 156 valence electrons. The van der Waals surface area contributed by atoms with Crippen molar-refractivity contribution in [1.82, 2.24) is 9.80 Å². The summed E-state index contributed by atoms with van der Waals surface area (Å²) < 4.78 is 11.2. The van der Waals surface area contributed by atoms with Crippen molar-refractivity contribution in [3.8, 4) is 11.5 Å². The number of allylic oxidation sites excluding steroid dienone is 1. The molecule has 0 saturated carbocycles. The van der Waals surface area contributed by atoms with Crippen LogP contribution in [0.15, 0.2) is 54.6 Å². The van der Waals surface area contributed by atoms with Crippen molar-refractivity contribution in [3.63, 3.8) is 0 Å². The first-order valence-corrected chi connectivity index (χ1v) is 10.3. The molecule has 0 aliphatic carbocycles. The zero-order chi connectivity index (χ0) is 20.5. The molecular formula is C24H32N2O3. The smallest absolute Gasteiger partial charge is 0.161 e. The van der Waals surface area contributed by atoms with Gasteiger partial charge in [-0.3, -0.25) is 9.80 Å². The van der Waals surface area contributed by atoms with Crippen LogP contribution in [0.4, 0.5) is 0 Å². The number of methoxy groups -OCH3 is 1. The predicted octanol–water partition coefficient (Wildman–Crippen LogP) is 3.29. The Labute approximate surface area is 174 Å². The van der Waals surface area contributed by atoms with Crippen LogP contribution < -0.4 is 9.47 Å². The van der Waals surface area contributed by atoms with Gasteiger partial charge in [0.25, 0.3) is 0 Å². The van der Waals surface area contributed by atoms with Gasteiger partial charge in [0.2, 0.25) is 0 Å². The van der Waals surface area contributed by atoms with Crippen molar-refractivity contribution in [3.05, 3.63) is 65.7 Å². The van der Waals surface area contributed by atoms with E-state index in [2.05, 4.69) is 40.1 Å². The molecule has 5 nitrogen and oxygen atoms in total. The summed E-state index contributed by atoms with van der Waals surface area (Å²) in [6, 6.07) is 16.4. The summed E-state index contributed by atoms with van der Waals surface area (Å²) in [6.07, 6.45) is 3.47. The summed E-state index contributed by atoms with van der Waals surface area (Å²) >= 11 is 0. The summed E-state index contributed by atoms with van der Waals surface area (Å²) in [7, 11) is 1.63. The van der Waals surface area contributed by atoms with Crippen LogP contribution in [-0.2, 0) is 6.54 Å². The normalized spacial score (nSPS) is 16.8. The lowest BCUT2D eigenvalue weighted by atomic mass is 10.2. The number of rotatable bonds is 9. The first kappa shape index (κ1) is 21.4. The summed E-state index contributed by atoms with van der Waals surface area (Å²) in [5.74, 6) is 1.34. The van der Waals surface area contributed by atoms with E-state index >= 15 is 0 Å². The Morgan fingerprint density at radius 1 is 1.00 bits per heavy atom. The van der Waals surface area contributed by atoms with Gasteiger partial charge in [-0.05, 0) is 30.2 Å². The van der Waals surface area contributed by atoms with Crippen LogP contribution in [0.3, 0.4) is 0 Å². The van der Waals surface area contributed by atoms with Crippen molar-refractivity contribution in [2.45, 2.75) is 19.6 Å². The van der Waals surface area contributed by atoms with Crippen molar-refractivity contribution in [2.75, 3.05) is 46.4 Å². The van der Waals surface area contributed by atoms with Crippen LogP contribution in [0, 0.1) is 0 Å². The Morgan fingerprint density at radius 2 is 1.72 bits per heavy atom. The second-order valence-corrected chi connectivity index (χ2v) is 7.44. The molecule has 5 heteroatoms. The molecule has 2 aromatic rings. The molecular weight excluding hydrogens is 364 g/mol. The number of β-amino-alcohol motifs (C(OH)–C–C–N with tert-alkyl or cyclic N) is 1. The first-order valence-electron chi connectivity index (χ1n) is 10.3. The molecule has 0 bridgehead atoms. The van der Waals surface area contributed by atoms with Crippen LogP contribution in [0.2, 0.25) is 0 Å².